The van der Waals surface area contributed by atoms with Gasteiger partial charge < -0.3 is 4.74 Å². The van der Waals surface area contributed by atoms with Crippen LogP contribution in [-0.4, -0.2) is 50.0 Å². The van der Waals surface area contributed by atoms with Crippen molar-refractivity contribution in [2.24, 2.45) is 5.10 Å². The van der Waals surface area contributed by atoms with Gasteiger partial charge in [-0.15, -0.1) is 0 Å². The zero-order chi connectivity index (χ0) is 27.4. The maximum atomic E-state index is 13.7. The van der Waals surface area contributed by atoms with E-state index < -0.39 is 15.9 Å². The summed E-state index contributed by atoms with van der Waals surface area (Å²) in [7, 11) is -2.08. The third-order valence-corrected chi connectivity index (χ3v) is 9.36. The molecule has 8 nitrogen and oxygen atoms in total. The quantitative estimate of drug-likeness (QED) is 0.212. The van der Waals surface area contributed by atoms with Crippen molar-refractivity contribution in [1.82, 2.24) is 9.29 Å². The predicted molar refractivity (Wildman–Crippen MR) is 151 cm³/mol. The number of anilines is 1. The van der Waals surface area contributed by atoms with E-state index in [4.69, 9.17) is 4.74 Å². The molecule has 0 unspecified atom stereocenters. The lowest BCUT2D eigenvalue weighted by molar-refractivity contribution is 0.0987. The Hall–Kier alpha value is -3.67. The standard InChI is InChI=1S/C28H27FN4O4S2/c1-37-23-12-15-25-26(18-23)38-28(31-25)33(30-19-20-6-10-22(29)11-7-20)27(34)21-8-13-24(14-9-21)39(35,36)32-16-4-2-3-5-17-32/h6-15,18-19H,2-5,16-17H2,1H3/b30-19+. The van der Waals surface area contributed by atoms with Crippen LogP contribution in [0.1, 0.15) is 41.6 Å². The van der Waals surface area contributed by atoms with Crippen LogP contribution in [0.2, 0.25) is 0 Å². The molecule has 1 amide bonds. The van der Waals surface area contributed by atoms with Crippen molar-refractivity contribution in [2.45, 2.75) is 30.6 Å². The number of carbonyl (C=O) groups is 1. The number of aromatic nitrogens is 1. The summed E-state index contributed by atoms with van der Waals surface area (Å²) in [5.41, 5.74) is 1.51. The molecular weight excluding hydrogens is 539 g/mol. The number of hydrogen-bond donors (Lipinski definition) is 0. The van der Waals surface area contributed by atoms with E-state index >= 15 is 0 Å². The van der Waals surface area contributed by atoms with E-state index in [0.29, 0.717) is 35.1 Å². The molecular formula is C28H27FN4O4S2. The van der Waals surface area contributed by atoms with Crippen molar-refractivity contribution in [2.75, 3.05) is 25.2 Å². The lowest BCUT2D eigenvalue weighted by Gasteiger charge is -2.20. The Bertz CT molecular complexity index is 1600. The maximum absolute atomic E-state index is 13.7. The molecule has 1 aliphatic heterocycles. The summed E-state index contributed by atoms with van der Waals surface area (Å²) in [4.78, 5) is 18.4. The van der Waals surface area contributed by atoms with E-state index in [1.54, 1.807) is 31.4 Å². The fourth-order valence-electron chi connectivity index (χ4n) is 4.30. The normalized spacial score (nSPS) is 14.9. The lowest BCUT2D eigenvalue weighted by atomic mass is 10.2. The second kappa shape index (κ2) is 11.6. The van der Waals surface area contributed by atoms with Gasteiger partial charge in [0.2, 0.25) is 15.2 Å². The Morgan fingerprint density at radius 3 is 2.38 bits per heavy atom. The third-order valence-electron chi connectivity index (χ3n) is 6.45. The van der Waals surface area contributed by atoms with Gasteiger partial charge in [-0.05, 0) is 73.0 Å². The Morgan fingerprint density at radius 2 is 1.72 bits per heavy atom. The number of hydrazone groups is 1. The largest absolute Gasteiger partial charge is 0.497 e. The summed E-state index contributed by atoms with van der Waals surface area (Å²) >= 11 is 1.26. The monoisotopic (exact) mass is 566 g/mol. The molecule has 0 radical (unpaired) electrons. The molecule has 39 heavy (non-hydrogen) atoms. The second-order valence-corrected chi connectivity index (χ2v) is 12.0. The van der Waals surface area contributed by atoms with Crippen LogP contribution in [0.5, 0.6) is 5.75 Å². The molecule has 5 rings (SSSR count). The highest BCUT2D eigenvalue weighted by molar-refractivity contribution is 7.89. The third kappa shape index (κ3) is 6.00. The summed E-state index contributed by atoms with van der Waals surface area (Å²) < 4.78 is 47.3. The average Bonchev–Trinajstić information content (AvgIpc) is 3.16. The van der Waals surface area contributed by atoms with Gasteiger partial charge in [-0.3, -0.25) is 4.79 Å². The fourth-order valence-corrected chi connectivity index (χ4v) is 6.76. The number of thiazole rings is 1. The highest BCUT2D eigenvalue weighted by Crippen LogP contribution is 2.32. The summed E-state index contributed by atoms with van der Waals surface area (Å²) in [6.07, 6.45) is 5.16. The number of rotatable bonds is 7. The molecule has 1 saturated heterocycles. The summed E-state index contributed by atoms with van der Waals surface area (Å²) in [5.74, 6) is -0.208. The van der Waals surface area contributed by atoms with Gasteiger partial charge in [0.25, 0.3) is 5.91 Å². The lowest BCUT2D eigenvalue weighted by Crippen LogP contribution is -2.32. The van der Waals surface area contributed by atoms with E-state index in [9.17, 15) is 17.6 Å². The maximum Gasteiger partial charge on any atom is 0.280 e. The minimum atomic E-state index is -3.65. The fraction of sp³-hybridized carbons (Fsp3) is 0.250. The summed E-state index contributed by atoms with van der Waals surface area (Å²) in [5, 5.41) is 5.88. The van der Waals surface area contributed by atoms with E-state index in [1.807, 2.05) is 6.07 Å². The van der Waals surface area contributed by atoms with Gasteiger partial charge >= 0.3 is 0 Å². The van der Waals surface area contributed by atoms with Crippen LogP contribution >= 0.6 is 11.3 Å². The summed E-state index contributed by atoms with van der Waals surface area (Å²) in [6.45, 7) is 0.995. The molecule has 11 heteroatoms. The second-order valence-electron chi connectivity index (χ2n) is 9.09. The number of sulfonamides is 1. The number of halogens is 1. The minimum absolute atomic E-state index is 0.148. The van der Waals surface area contributed by atoms with Crippen LogP contribution < -0.4 is 9.75 Å². The molecule has 202 valence electrons. The van der Waals surface area contributed by atoms with Gasteiger partial charge in [-0.1, -0.05) is 36.3 Å². The number of ether oxygens (including phenoxy) is 1. The van der Waals surface area contributed by atoms with Crippen LogP contribution in [-0.2, 0) is 10.0 Å². The highest BCUT2D eigenvalue weighted by atomic mass is 32.2. The van der Waals surface area contributed by atoms with Crippen LogP contribution in [0.15, 0.2) is 76.7 Å². The van der Waals surface area contributed by atoms with Crippen molar-refractivity contribution in [3.05, 3.63) is 83.7 Å². The number of methoxy groups -OCH3 is 1. The molecule has 2 heterocycles. The SMILES string of the molecule is COc1ccc2nc(N(/N=C/c3ccc(F)cc3)C(=O)c3ccc(S(=O)(=O)N4CCCCCC4)cc3)sc2c1. The van der Waals surface area contributed by atoms with Crippen molar-refractivity contribution in [3.63, 3.8) is 0 Å². The molecule has 0 spiro atoms. The van der Waals surface area contributed by atoms with Crippen LogP contribution in [0.3, 0.4) is 0 Å². The number of carbonyl (C=O) groups excluding carboxylic acids is 1. The first-order valence-electron chi connectivity index (χ1n) is 12.5. The Morgan fingerprint density at radius 1 is 1.03 bits per heavy atom. The van der Waals surface area contributed by atoms with Crippen LogP contribution in [0, 0.1) is 5.82 Å². The molecule has 0 atom stereocenters. The molecule has 0 N–H and O–H groups in total. The van der Waals surface area contributed by atoms with Crippen molar-refractivity contribution in [3.8, 4) is 5.75 Å². The summed E-state index contributed by atoms with van der Waals surface area (Å²) in [6, 6.07) is 17.0. The van der Waals surface area contributed by atoms with Gasteiger partial charge in [0.15, 0.2) is 0 Å². The number of hydrogen-bond acceptors (Lipinski definition) is 7. The molecule has 0 aliphatic carbocycles. The van der Waals surface area contributed by atoms with Gasteiger partial charge in [0.05, 0.1) is 28.4 Å². The molecule has 0 bridgehead atoms. The van der Waals surface area contributed by atoms with E-state index in [1.165, 1.54) is 63.3 Å². The Kier molecular flexibility index (Phi) is 8.01. The zero-order valence-electron chi connectivity index (χ0n) is 21.3. The first-order valence-corrected chi connectivity index (χ1v) is 14.8. The first kappa shape index (κ1) is 26.9. The molecule has 1 aliphatic rings. The number of nitrogens with zero attached hydrogens (tertiary/aromatic N) is 4. The smallest absolute Gasteiger partial charge is 0.280 e. The van der Waals surface area contributed by atoms with E-state index in [2.05, 4.69) is 10.1 Å². The topological polar surface area (TPSA) is 92.2 Å². The molecule has 1 aromatic heterocycles. The number of amides is 1. The first-order chi connectivity index (χ1) is 18.8. The van der Waals surface area contributed by atoms with Gasteiger partial charge in [-0.25, -0.2) is 17.8 Å². The van der Waals surface area contributed by atoms with Crippen molar-refractivity contribution in [1.29, 1.82) is 0 Å². The van der Waals surface area contributed by atoms with Crippen LogP contribution in [0.4, 0.5) is 9.52 Å². The van der Waals surface area contributed by atoms with Crippen molar-refractivity contribution >= 4 is 48.8 Å². The molecule has 3 aromatic carbocycles. The Balaban J connectivity index is 1.47. The highest BCUT2D eigenvalue weighted by Gasteiger charge is 2.26. The van der Waals surface area contributed by atoms with Gasteiger partial charge in [-0.2, -0.15) is 14.4 Å². The van der Waals surface area contributed by atoms with Crippen LogP contribution in [0.25, 0.3) is 10.2 Å². The molecule has 4 aromatic rings. The molecule has 0 saturated carbocycles. The Labute approximate surface area is 230 Å². The number of benzene rings is 3. The number of fused-ring (bicyclic) bond motifs is 1. The van der Waals surface area contributed by atoms with E-state index in [0.717, 1.165) is 30.4 Å². The predicted octanol–water partition coefficient (Wildman–Crippen LogP) is 5.69. The van der Waals surface area contributed by atoms with Gasteiger partial charge in [0, 0.05) is 18.7 Å². The van der Waals surface area contributed by atoms with E-state index in [-0.39, 0.29) is 16.3 Å². The average molecular weight is 567 g/mol. The molecule has 1 fully saturated rings. The zero-order valence-corrected chi connectivity index (χ0v) is 22.9. The minimum Gasteiger partial charge on any atom is -0.497 e. The van der Waals surface area contributed by atoms with Crippen molar-refractivity contribution < 1.29 is 22.3 Å². The van der Waals surface area contributed by atoms with Gasteiger partial charge in [0.1, 0.15) is 11.6 Å².